The van der Waals surface area contributed by atoms with E-state index in [1.807, 2.05) is 49.9 Å². The van der Waals surface area contributed by atoms with Crippen molar-refractivity contribution in [1.29, 1.82) is 10.5 Å². The van der Waals surface area contributed by atoms with Crippen LogP contribution in [0.2, 0.25) is 0 Å². The third kappa shape index (κ3) is 7.73. The molecule has 35 heavy (non-hydrogen) atoms. The van der Waals surface area contributed by atoms with Crippen molar-refractivity contribution in [3.63, 3.8) is 0 Å². The van der Waals surface area contributed by atoms with Gasteiger partial charge in [-0.25, -0.2) is 4.79 Å². The van der Waals surface area contributed by atoms with Crippen LogP contribution < -0.4 is 4.74 Å². The fraction of sp³-hybridized carbons (Fsp3) is 0.464. The number of benzene rings is 2. The van der Waals surface area contributed by atoms with E-state index in [4.69, 9.17) is 20.0 Å². The third-order valence-corrected chi connectivity index (χ3v) is 6.10. The van der Waals surface area contributed by atoms with E-state index in [-0.39, 0.29) is 17.7 Å². The number of ether oxygens (including phenoxy) is 2. The monoisotopic (exact) mass is 474 g/mol. The van der Waals surface area contributed by atoms with Crippen LogP contribution in [0.5, 0.6) is 5.75 Å². The summed E-state index contributed by atoms with van der Waals surface area (Å²) in [5, 5.41) is 17.8. The number of nitrogens with zero attached hydrogens (tertiary/aromatic N) is 4. The van der Waals surface area contributed by atoms with Crippen molar-refractivity contribution in [1.82, 2.24) is 9.80 Å². The molecular formula is C28H34N4O3. The Labute approximate surface area is 208 Å². The van der Waals surface area contributed by atoms with Crippen molar-refractivity contribution >= 4 is 6.09 Å². The standard InChI is InChI=1S/C28H34N4O3/c1-28(2,3)32(27(33)35-18-4-17-34-26-11-9-23(20-30)10-12-26)25-13-15-31(16-14-25)21-24-7-5-22(19-29)6-8-24/h5-12,25H,4,13-18,21H2,1-3H3. The molecule has 1 aliphatic rings. The second-order valence-electron chi connectivity index (χ2n) is 9.81. The molecule has 0 bridgehead atoms. The molecule has 2 aromatic carbocycles. The molecule has 184 valence electrons. The molecule has 0 N–H and O–H groups in total. The average Bonchev–Trinajstić information content (AvgIpc) is 2.85. The van der Waals surface area contributed by atoms with Gasteiger partial charge >= 0.3 is 6.09 Å². The minimum atomic E-state index is -0.337. The maximum Gasteiger partial charge on any atom is 0.410 e. The number of likely N-dealkylation sites (tertiary alicyclic amines) is 1. The minimum absolute atomic E-state index is 0.134. The molecule has 1 amide bonds. The normalized spacial score (nSPS) is 14.5. The molecule has 3 rings (SSSR count). The average molecular weight is 475 g/mol. The zero-order valence-corrected chi connectivity index (χ0v) is 20.9. The summed E-state index contributed by atoms with van der Waals surface area (Å²) in [6.45, 7) is 9.52. The van der Waals surface area contributed by atoms with Crippen LogP contribution in [-0.4, -0.2) is 53.8 Å². The maximum atomic E-state index is 13.0. The predicted molar refractivity (Wildman–Crippen MR) is 134 cm³/mol. The van der Waals surface area contributed by atoms with Crippen LogP contribution in [0.25, 0.3) is 0 Å². The SMILES string of the molecule is CC(C)(C)N(C(=O)OCCCOc1ccc(C#N)cc1)C1CCN(Cc2ccc(C#N)cc2)CC1. The number of hydrogen-bond acceptors (Lipinski definition) is 6. The lowest BCUT2D eigenvalue weighted by atomic mass is 9.96. The zero-order valence-electron chi connectivity index (χ0n) is 20.9. The Balaban J connectivity index is 1.44. The highest BCUT2D eigenvalue weighted by molar-refractivity contribution is 5.69. The van der Waals surface area contributed by atoms with Gasteiger partial charge in [-0.05, 0) is 75.6 Å². The first-order chi connectivity index (χ1) is 16.8. The molecule has 1 heterocycles. The number of piperidine rings is 1. The second kappa shape index (κ2) is 12.2. The fourth-order valence-corrected chi connectivity index (χ4v) is 4.35. The predicted octanol–water partition coefficient (Wildman–Crippen LogP) is 5.10. The van der Waals surface area contributed by atoms with Crippen LogP contribution in [0.4, 0.5) is 4.79 Å². The molecule has 1 fully saturated rings. The summed E-state index contributed by atoms with van der Waals surface area (Å²) in [4.78, 5) is 17.3. The highest BCUT2D eigenvalue weighted by atomic mass is 16.6. The van der Waals surface area contributed by atoms with E-state index in [0.29, 0.717) is 36.5 Å². The molecule has 0 atom stereocenters. The number of carbonyl (C=O) groups is 1. The minimum Gasteiger partial charge on any atom is -0.493 e. The molecule has 0 spiro atoms. The van der Waals surface area contributed by atoms with E-state index in [1.165, 1.54) is 5.56 Å². The molecule has 0 aliphatic carbocycles. The van der Waals surface area contributed by atoms with Gasteiger partial charge in [-0.15, -0.1) is 0 Å². The topological polar surface area (TPSA) is 89.6 Å². The second-order valence-corrected chi connectivity index (χ2v) is 9.81. The highest BCUT2D eigenvalue weighted by Crippen LogP contribution is 2.26. The summed E-state index contributed by atoms with van der Waals surface area (Å²) in [6, 6.07) is 19.1. The number of amides is 1. The van der Waals surface area contributed by atoms with Crippen molar-refractivity contribution in [3.05, 3.63) is 65.2 Å². The van der Waals surface area contributed by atoms with E-state index in [2.05, 4.69) is 17.0 Å². The number of hydrogen-bond donors (Lipinski definition) is 0. The van der Waals surface area contributed by atoms with Crippen LogP contribution in [0.15, 0.2) is 48.5 Å². The lowest BCUT2D eigenvalue weighted by molar-refractivity contribution is 0.0208. The molecule has 1 saturated heterocycles. The number of carbonyl (C=O) groups excluding carboxylic acids is 1. The van der Waals surface area contributed by atoms with Crippen molar-refractivity contribution in [2.24, 2.45) is 0 Å². The number of rotatable bonds is 8. The van der Waals surface area contributed by atoms with Gasteiger partial charge < -0.3 is 14.4 Å². The van der Waals surface area contributed by atoms with Gasteiger partial charge in [0.15, 0.2) is 0 Å². The quantitative estimate of drug-likeness (QED) is 0.495. The summed E-state index contributed by atoms with van der Waals surface area (Å²) in [7, 11) is 0. The lowest BCUT2D eigenvalue weighted by Gasteiger charge is -2.44. The largest absolute Gasteiger partial charge is 0.493 e. The van der Waals surface area contributed by atoms with E-state index >= 15 is 0 Å². The van der Waals surface area contributed by atoms with Gasteiger partial charge in [-0.1, -0.05) is 12.1 Å². The van der Waals surface area contributed by atoms with Crippen LogP contribution in [-0.2, 0) is 11.3 Å². The lowest BCUT2D eigenvalue weighted by Crippen LogP contribution is -2.55. The summed E-state index contributed by atoms with van der Waals surface area (Å²) in [5.74, 6) is 0.694. The van der Waals surface area contributed by atoms with E-state index in [9.17, 15) is 4.79 Å². The van der Waals surface area contributed by atoms with Gasteiger partial charge in [0, 0.05) is 37.6 Å². The first kappa shape index (κ1) is 26.1. The molecule has 0 unspecified atom stereocenters. The van der Waals surface area contributed by atoms with Gasteiger partial charge in [-0.3, -0.25) is 4.90 Å². The molecule has 2 aromatic rings. The highest BCUT2D eigenvalue weighted by Gasteiger charge is 2.36. The Morgan fingerprint density at radius 2 is 1.54 bits per heavy atom. The van der Waals surface area contributed by atoms with Crippen molar-refractivity contribution in [3.8, 4) is 17.9 Å². The molecule has 0 aromatic heterocycles. The van der Waals surface area contributed by atoms with E-state index in [0.717, 1.165) is 32.5 Å². The van der Waals surface area contributed by atoms with Gasteiger partial charge in [0.25, 0.3) is 0 Å². The summed E-state index contributed by atoms with van der Waals surface area (Å²) < 4.78 is 11.3. The Morgan fingerprint density at radius 3 is 2.09 bits per heavy atom. The fourth-order valence-electron chi connectivity index (χ4n) is 4.35. The third-order valence-electron chi connectivity index (χ3n) is 6.10. The van der Waals surface area contributed by atoms with Gasteiger partial charge in [0.1, 0.15) is 5.75 Å². The summed E-state index contributed by atoms with van der Waals surface area (Å²) in [5.41, 5.74) is 2.12. The van der Waals surface area contributed by atoms with E-state index < -0.39 is 0 Å². The van der Waals surface area contributed by atoms with Crippen LogP contribution >= 0.6 is 0 Å². The maximum absolute atomic E-state index is 13.0. The zero-order chi connectivity index (χ0) is 25.3. The van der Waals surface area contributed by atoms with Crippen molar-refractivity contribution in [2.45, 2.75) is 58.2 Å². The Bertz CT molecular complexity index is 1040. The Hall–Kier alpha value is -3.55. The van der Waals surface area contributed by atoms with Crippen molar-refractivity contribution in [2.75, 3.05) is 26.3 Å². The molecule has 0 saturated carbocycles. The smallest absolute Gasteiger partial charge is 0.410 e. The van der Waals surface area contributed by atoms with Gasteiger partial charge in [0.05, 0.1) is 36.5 Å². The van der Waals surface area contributed by atoms with Crippen molar-refractivity contribution < 1.29 is 14.3 Å². The Kier molecular flexibility index (Phi) is 9.11. The molecule has 0 radical (unpaired) electrons. The molecule has 7 nitrogen and oxygen atoms in total. The summed E-state index contributed by atoms with van der Waals surface area (Å²) in [6.07, 6.45) is 2.10. The molecule has 1 aliphatic heterocycles. The van der Waals surface area contributed by atoms with Gasteiger partial charge in [-0.2, -0.15) is 10.5 Å². The first-order valence-corrected chi connectivity index (χ1v) is 12.1. The van der Waals surface area contributed by atoms with Crippen LogP contribution in [0.3, 0.4) is 0 Å². The number of nitriles is 2. The van der Waals surface area contributed by atoms with E-state index in [1.54, 1.807) is 24.3 Å². The van der Waals surface area contributed by atoms with Gasteiger partial charge in [0.2, 0.25) is 0 Å². The summed E-state index contributed by atoms with van der Waals surface area (Å²) >= 11 is 0. The molecular weight excluding hydrogens is 440 g/mol. The first-order valence-electron chi connectivity index (χ1n) is 12.1. The Morgan fingerprint density at radius 1 is 0.971 bits per heavy atom. The van der Waals surface area contributed by atoms with Crippen LogP contribution in [0.1, 0.15) is 56.7 Å². The molecule has 7 heteroatoms. The van der Waals surface area contributed by atoms with Crippen LogP contribution in [0, 0.1) is 22.7 Å².